The number of nitrogens with zero attached hydrogens (tertiary/aromatic N) is 1. The summed E-state index contributed by atoms with van der Waals surface area (Å²) in [5.74, 6) is -0.454. The first-order valence-corrected chi connectivity index (χ1v) is 5.14. The maximum absolute atomic E-state index is 11.2. The van der Waals surface area contributed by atoms with E-state index in [1.54, 1.807) is 7.11 Å². The molecule has 0 unspecified atom stereocenters. The van der Waals surface area contributed by atoms with E-state index < -0.39 is 5.91 Å². The van der Waals surface area contributed by atoms with Crippen LogP contribution in [0.25, 0.3) is 0 Å². The van der Waals surface area contributed by atoms with Crippen LogP contribution in [0.3, 0.4) is 0 Å². The van der Waals surface area contributed by atoms with Gasteiger partial charge < -0.3 is 25.7 Å². The molecule has 0 fully saturated rings. The van der Waals surface area contributed by atoms with Crippen molar-refractivity contribution in [2.75, 3.05) is 34.2 Å². The summed E-state index contributed by atoms with van der Waals surface area (Å²) in [4.78, 5) is 15.0. The minimum absolute atomic E-state index is 0.0321. The lowest BCUT2D eigenvalue weighted by molar-refractivity contribution is -0.112. The Hall–Kier alpha value is -1.86. The van der Waals surface area contributed by atoms with Gasteiger partial charge in [-0.2, -0.15) is 0 Å². The van der Waals surface area contributed by atoms with E-state index in [2.05, 4.69) is 11.6 Å². The molecule has 7 nitrogen and oxygen atoms in total. The fourth-order valence-corrected chi connectivity index (χ4v) is 0.929. The first-order valence-electron chi connectivity index (χ1n) is 5.14. The van der Waals surface area contributed by atoms with Gasteiger partial charge in [-0.25, -0.2) is 4.99 Å². The Morgan fingerprint density at radius 3 is 2.50 bits per heavy atom. The van der Waals surface area contributed by atoms with E-state index in [4.69, 9.17) is 25.7 Å². The molecule has 0 saturated carbocycles. The summed E-state index contributed by atoms with van der Waals surface area (Å²) >= 11 is 0. The molecule has 0 aromatic carbocycles. The van der Waals surface area contributed by atoms with Crippen molar-refractivity contribution < 1.29 is 19.0 Å². The van der Waals surface area contributed by atoms with Gasteiger partial charge in [-0.3, -0.25) is 4.79 Å². The van der Waals surface area contributed by atoms with Gasteiger partial charge in [0.05, 0.1) is 26.0 Å². The highest BCUT2D eigenvalue weighted by Gasteiger charge is 2.10. The summed E-state index contributed by atoms with van der Waals surface area (Å²) in [5.41, 5.74) is 10.8. The lowest BCUT2D eigenvalue weighted by Gasteiger charge is -2.05. The van der Waals surface area contributed by atoms with Crippen LogP contribution in [-0.4, -0.2) is 45.8 Å². The average molecular weight is 257 g/mol. The number of hydrogen-bond donors (Lipinski definition) is 2. The van der Waals surface area contributed by atoms with Crippen molar-refractivity contribution >= 4 is 11.6 Å². The van der Waals surface area contributed by atoms with Gasteiger partial charge in [0, 0.05) is 13.2 Å². The summed E-state index contributed by atoms with van der Waals surface area (Å²) in [6.45, 7) is 4.31. The van der Waals surface area contributed by atoms with E-state index in [1.807, 2.05) is 0 Å². The Bertz CT molecular complexity index is 350. The van der Waals surface area contributed by atoms with E-state index in [0.717, 1.165) is 0 Å². The molecular formula is C11H19N3O4. The number of amides is 1. The molecule has 0 aromatic rings. The highest BCUT2D eigenvalue weighted by molar-refractivity contribution is 6.44. The third-order valence-electron chi connectivity index (χ3n) is 1.83. The number of aliphatic imine (C=N–C) groups is 1. The van der Waals surface area contributed by atoms with Gasteiger partial charge in [-0.1, -0.05) is 6.58 Å². The van der Waals surface area contributed by atoms with Crippen LogP contribution in [0.15, 0.2) is 29.1 Å². The summed E-state index contributed by atoms with van der Waals surface area (Å²) in [6.07, 6.45) is 1.36. The largest absolute Gasteiger partial charge is 0.497 e. The second-order valence-corrected chi connectivity index (χ2v) is 3.17. The SMILES string of the molecule is C=C(/C=C(/N)C(=NCOCCOC)C(N)=O)OC. The van der Waals surface area contributed by atoms with E-state index in [0.29, 0.717) is 19.0 Å². The lowest BCUT2D eigenvalue weighted by Crippen LogP contribution is -2.29. The van der Waals surface area contributed by atoms with E-state index in [9.17, 15) is 4.79 Å². The molecule has 18 heavy (non-hydrogen) atoms. The highest BCUT2D eigenvalue weighted by Crippen LogP contribution is 1.99. The van der Waals surface area contributed by atoms with Crippen LogP contribution in [-0.2, 0) is 19.0 Å². The zero-order valence-electron chi connectivity index (χ0n) is 10.6. The number of primary amides is 1. The van der Waals surface area contributed by atoms with Crippen LogP contribution >= 0.6 is 0 Å². The summed E-state index contributed by atoms with van der Waals surface area (Å²) in [6, 6.07) is 0. The molecule has 0 rings (SSSR count). The molecule has 4 N–H and O–H groups in total. The van der Waals surface area contributed by atoms with Crippen LogP contribution in [0, 0.1) is 0 Å². The van der Waals surface area contributed by atoms with Gasteiger partial charge in [-0.05, 0) is 0 Å². The second-order valence-electron chi connectivity index (χ2n) is 3.17. The van der Waals surface area contributed by atoms with E-state index >= 15 is 0 Å². The topological polar surface area (TPSA) is 109 Å². The molecule has 0 atom stereocenters. The van der Waals surface area contributed by atoms with E-state index in [-0.39, 0.29) is 18.1 Å². The fourth-order valence-electron chi connectivity index (χ4n) is 0.929. The predicted octanol–water partition coefficient (Wildman–Crippen LogP) is -0.464. The molecule has 1 amide bonds. The summed E-state index contributed by atoms with van der Waals surface area (Å²) in [7, 11) is 2.99. The molecule has 0 aliphatic rings. The molecule has 0 spiro atoms. The van der Waals surface area contributed by atoms with Crippen LogP contribution in [0.2, 0.25) is 0 Å². The molecular weight excluding hydrogens is 238 g/mol. The molecule has 0 bridgehead atoms. The zero-order chi connectivity index (χ0) is 14.0. The molecule has 0 aliphatic heterocycles. The van der Waals surface area contributed by atoms with Crippen molar-refractivity contribution in [3.05, 3.63) is 24.1 Å². The third kappa shape index (κ3) is 6.66. The number of rotatable bonds is 9. The van der Waals surface area contributed by atoms with Gasteiger partial charge in [-0.15, -0.1) is 0 Å². The van der Waals surface area contributed by atoms with Crippen molar-refractivity contribution in [3.8, 4) is 0 Å². The van der Waals surface area contributed by atoms with Crippen molar-refractivity contribution in [3.63, 3.8) is 0 Å². The van der Waals surface area contributed by atoms with Gasteiger partial charge in [0.25, 0.3) is 5.91 Å². The third-order valence-corrected chi connectivity index (χ3v) is 1.83. The Morgan fingerprint density at radius 2 is 2.00 bits per heavy atom. The van der Waals surface area contributed by atoms with E-state index in [1.165, 1.54) is 13.2 Å². The number of methoxy groups -OCH3 is 2. The Balaban J connectivity index is 4.55. The van der Waals surface area contributed by atoms with Crippen molar-refractivity contribution in [2.45, 2.75) is 0 Å². The minimum atomic E-state index is -0.747. The minimum Gasteiger partial charge on any atom is -0.497 e. The molecule has 0 heterocycles. The van der Waals surface area contributed by atoms with Crippen molar-refractivity contribution in [1.82, 2.24) is 0 Å². The normalized spacial score (nSPS) is 12.3. The monoisotopic (exact) mass is 257 g/mol. The Kier molecular flexibility index (Phi) is 8.25. The first kappa shape index (κ1) is 16.1. The molecule has 0 aliphatic carbocycles. The average Bonchev–Trinajstić information content (AvgIpc) is 2.32. The maximum atomic E-state index is 11.2. The number of hydrogen-bond acceptors (Lipinski definition) is 6. The van der Waals surface area contributed by atoms with Gasteiger partial charge in [0.1, 0.15) is 18.2 Å². The Labute approximate surface area is 106 Å². The predicted molar refractivity (Wildman–Crippen MR) is 67.7 cm³/mol. The first-order chi connectivity index (χ1) is 8.52. The number of allylic oxidation sites excluding steroid dienone is 1. The molecule has 0 radical (unpaired) electrons. The van der Waals surface area contributed by atoms with Gasteiger partial charge in [0.2, 0.25) is 0 Å². The summed E-state index contributed by atoms with van der Waals surface area (Å²) < 4.78 is 14.7. The van der Waals surface area contributed by atoms with Crippen LogP contribution in [0.4, 0.5) is 0 Å². The van der Waals surface area contributed by atoms with Crippen LogP contribution < -0.4 is 11.5 Å². The second kappa shape index (κ2) is 9.20. The quantitative estimate of drug-likeness (QED) is 0.251. The molecule has 0 aromatic heterocycles. The number of carbonyl (C=O) groups is 1. The number of nitrogens with two attached hydrogens (primary N) is 2. The summed E-state index contributed by atoms with van der Waals surface area (Å²) in [5, 5.41) is 0. The van der Waals surface area contributed by atoms with Gasteiger partial charge >= 0.3 is 0 Å². The van der Waals surface area contributed by atoms with Crippen molar-refractivity contribution in [1.29, 1.82) is 0 Å². The lowest BCUT2D eigenvalue weighted by atomic mass is 10.2. The number of carbonyl (C=O) groups excluding carboxylic acids is 1. The Morgan fingerprint density at radius 1 is 1.33 bits per heavy atom. The maximum Gasteiger partial charge on any atom is 0.269 e. The molecule has 0 saturated heterocycles. The van der Waals surface area contributed by atoms with Crippen molar-refractivity contribution in [2.24, 2.45) is 16.5 Å². The fraction of sp³-hybridized carbons (Fsp3) is 0.455. The van der Waals surface area contributed by atoms with Crippen LogP contribution in [0.1, 0.15) is 0 Å². The highest BCUT2D eigenvalue weighted by atomic mass is 16.5. The molecule has 102 valence electrons. The van der Waals surface area contributed by atoms with Gasteiger partial charge in [0.15, 0.2) is 0 Å². The molecule has 7 heteroatoms. The number of ether oxygens (including phenoxy) is 3. The smallest absolute Gasteiger partial charge is 0.269 e. The van der Waals surface area contributed by atoms with Crippen LogP contribution in [0.5, 0.6) is 0 Å². The standard InChI is InChI=1S/C11H19N3O4/c1-8(17-3)6-9(12)10(11(13)15)14-7-18-5-4-16-2/h6H,1,4-5,7,12H2,2-3H3,(H2,13,15)/b9-6+,14-10?. The zero-order valence-corrected chi connectivity index (χ0v) is 10.6.